The number of likely N-dealkylation sites (tertiary alicyclic amines) is 1. The van der Waals surface area contributed by atoms with E-state index in [1.807, 2.05) is 31.2 Å². The third-order valence-electron chi connectivity index (χ3n) is 7.21. The molecule has 0 radical (unpaired) electrons. The van der Waals surface area contributed by atoms with E-state index >= 15 is 0 Å². The molecule has 0 unspecified atom stereocenters. The minimum Gasteiger partial charge on any atom is -0.507 e. The van der Waals surface area contributed by atoms with Crippen LogP contribution in [0.2, 0.25) is 0 Å². The van der Waals surface area contributed by atoms with Crippen LogP contribution in [0, 0.1) is 5.92 Å². The Morgan fingerprint density at radius 1 is 1.05 bits per heavy atom. The number of aromatic hydroxyl groups is 1. The lowest BCUT2D eigenvalue weighted by Crippen LogP contribution is -2.32. The van der Waals surface area contributed by atoms with E-state index in [0.717, 1.165) is 42.1 Å². The van der Waals surface area contributed by atoms with Gasteiger partial charge in [-0.2, -0.15) is 4.02 Å². The highest BCUT2D eigenvalue weighted by molar-refractivity contribution is 9.08. The summed E-state index contributed by atoms with van der Waals surface area (Å²) in [6.07, 6.45) is 2.12. The Morgan fingerprint density at radius 3 is 2.08 bits per heavy atom. The lowest BCUT2D eigenvalue weighted by Gasteiger charge is -2.28. The van der Waals surface area contributed by atoms with E-state index in [9.17, 15) is 9.90 Å². The van der Waals surface area contributed by atoms with Crippen LogP contribution in [0.25, 0.3) is 0 Å². The Hall–Kier alpha value is -2.34. The molecule has 3 rings (SSSR count). The lowest BCUT2D eigenvalue weighted by molar-refractivity contribution is 0.0963. The molecule has 1 fully saturated rings. The van der Waals surface area contributed by atoms with Gasteiger partial charge in [-0.25, -0.2) is 0 Å². The summed E-state index contributed by atoms with van der Waals surface area (Å²) in [5.41, 5.74) is 2.84. The number of halogens is 1. The first-order valence-corrected chi connectivity index (χ1v) is 14.1. The number of carbonyl (C=O) groups excluding carboxylic acids is 1. The molecule has 0 bridgehead atoms. The Bertz CT molecular complexity index is 1090. The fourth-order valence-corrected chi connectivity index (χ4v) is 5.78. The van der Waals surface area contributed by atoms with Crippen LogP contribution in [-0.2, 0) is 10.8 Å². The summed E-state index contributed by atoms with van der Waals surface area (Å²) in [6, 6.07) is 12.0. The zero-order valence-electron chi connectivity index (χ0n) is 23.7. The Labute approximate surface area is 231 Å². The number of Topliss-reactive ketones (excluding diaryl/α,β-unsaturated/α-hetero) is 1. The highest BCUT2D eigenvalue weighted by atomic mass is 79.9. The molecule has 2 aromatic rings. The van der Waals surface area contributed by atoms with Gasteiger partial charge in [-0.15, -0.1) is 0 Å². The second kappa shape index (κ2) is 11.6. The van der Waals surface area contributed by atoms with Gasteiger partial charge in [0.25, 0.3) is 0 Å². The summed E-state index contributed by atoms with van der Waals surface area (Å²) < 4.78 is 10.2. The Kier molecular flexibility index (Phi) is 9.15. The van der Waals surface area contributed by atoms with E-state index in [-0.39, 0.29) is 29.1 Å². The minimum absolute atomic E-state index is 0.0345. The molecular weight excluding hydrogens is 528 g/mol. The fourth-order valence-electron chi connectivity index (χ4n) is 5.33. The number of hydrogen-bond acceptors (Lipinski definition) is 4. The van der Waals surface area contributed by atoms with Crippen molar-refractivity contribution in [3.05, 3.63) is 58.7 Å². The van der Waals surface area contributed by atoms with Crippen molar-refractivity contribution in [3.63, 3.8) is 0 Å². The molecule has 0 aromatic heterocycles. The molecule has 202 valence electrons. The predicted molar refractivity (Wildman–Crippen MR) is 157 cm³/mol. The SMILES string of the molecule is CCC[C@H]1CN(CC(=O)c2cc(C(C)(C)C)c(O)c(C(C)(C)C)c2)/C(=N\Br)[C@@H]1c1ccc(OCC)cc1. The molecule has 0 amide bonds. The van der Waals surface area contributed by atoms with Crippen molar-refractivity contribution in [1.82, 2.24) is 4.90 Å². The van der Waals surface area contributed by atoms with Gasteiger partial charge in [-0.1, -0.05) is 67.0 Å². The quantitative estimate of drug-likeness (QED) is 0.329. The monoisotopic (exact) mass is 570 g/mol. The summed E-state index contributed by atoms with van der Waals surface area (Å²) in [7, 11) is 0. The van der Waals surface area contributed by atoms with Crippen LogP contribution in [0.4, 0.5) is 0 Å². The molecule has 37 heavy (non-hydrogen) atoms. The van der Waals surface area contributed by atoms with Crippen molar-refractivity contribution >= 4 is 27.8 Å². The molecule has 2 atom stereocenters. The van der Waals surface area contributed by atoms with Crippen LogP contribution in [0.5, 0.6) is 11.5 Å². The topological polar surface area (TPSA) is 62.1 Å². The molecule has 0 spiro atoms. The summed E-state index contributed by atoms with van der Waals surface area (Å²) in [4.78, 5) is 15.9. The van der Waals surface area contributed by atoms with Crippen molar-refractivity contribution in [2.24, 2.45) is 9.94 Å². The number of rotatable bonds is 8. The second-order valence-corrected chi connectivity index (χ2v) is 12.5. The largest absolute Gasteiger partial charge is 0.507 e. The summed E-state index contributed by atoms with van der Waals surface area (Å²) in [5, 5.41) is 11.1. The molecule has 0 aliphatic carbocycles. The van der Waals surface area contributed by atoms with E-state index in [1.54, 1.807) is 0 Å². The van der Waals surface area contributed by atoms with Crippen molar-refractivity contribution in [1.29, 1.82) is 0 Å². The van der Waals surface area contributed by atoms with Gasteiger partial charge in [0.1, 0.15) is 17.3 Å². The Morgan fingerprint density at radius 2 is 1.62 bits per heavy atom. The minimum atomic E-state index is -0.290. The number of carbonyl (C=O) groups is 1. The zero-order chi connectivity index (χ0) is 27.5. The van der Waals surface area contributed by atoms with Gasteiger partial charge in [-0.3, -0.25) is 4.79 Å². The molecule has 6 heteroatoms. The molecule has 0 saturated carbocycles. The van der Waals surface area contributed by atoms with E-state index in [1.165, 1.54) is 5.56 Å². The third kappa shape index (κ3) is 6.57. The fraction of sp³-hybridized carbons (Fsp3) is 0.548. The van der Waals surface area contributed by atoms with Crippen LogP contribution in [-0.4, -0.2) is 41.3 Å². The number of ether oxygens (including phenoxy) is 1. The van der Waals surface area contributed by atoms with Crippen LogP contribution in [0.1, 0.15) is 101 Å². The van der Waals surface area contributed by atoms with Gasteiger partial charge >= 0.3 is 0 Å². The average molecular weight is 572 g/mol. The van der Waals surface area contributed by atoms with Crippen LogP contribution >= 0.6 is 16.1 Å². The molecule has 5 nitrogen and oxygen atoms in total. The molecule has 1 aliphatic rings. The molecule has 1 heterocycles. The van der Waals surface area contributed by atoms with E-state index < -0.39 is 0 Å². The van der Waals surface area contributed by atoms with Gasteiger partial charge in [-0.05, 0) is 59.9 Å². The van der Waals surface area contributed by atoms with E-state index in [4.69, 9.17) is 4.74 Å². The molecule has 1 N–H and O–H groups in total. The van der Waals surface area contributed by atoms with Crippen molar-refractivity contribution in [3.8, 4) is 11.5 Å². The van der Waals surface area contributed by atoms with Crippen LogP contribution in [0.3, 0.4) is 0 Å². The van der Waals surface area contributed by atoms with Gasteiger partial charge < -0.3 is 14.7 Å². The maximum absolute atomic E-state index is 13.7. The smallest absolute Gasteiger partial charge is 0.182 e. The van der Waals surface area contributed by atoms with Gasteiger partial charge in [0, 0.05) is 29.2 Å². The summed E-state index contributed by atoms with van der Waals surface area (Å²) >= 11 is 3.38. The second-order valence-electron chi connectivity index (χ2n) is 12.2. The highest BCUT2D eigenvalue weighted by Gasteiger charge is 2.40. The third-order valence-corrected chi connectivity index (χ3v) is 7.57. The first-order valence-electron chi connectivity index (χ1n) is 13.4. The normalized spacial score (nSPS) is 19.5. The standard InChI is InChI=1S/C31H43BrN2O3/c1-9-11-21-18-34(29(33-32)27(21)20-12-14-23(15-13-20)37-10-2)19-26(35)22-16-24(30(3,4)5)28(36)25(17-22)31(6,7)8/h12-17,21,27,36H,9-11,18-19H2,1-8H3/b33-29-/t21-,27+/m0/s1. The maximum atomic E-state index is 13.7. The van der Waals surface area contributed by atoms with Gasteiger partial charge in [0.2, 0.25) is 0 Å². The molecule has 2 aromatic carbocycles. The summed E-state index contributed by atoms with van der Waals surface area (Å²) in [6.45, 7) is 18.2. The number of amidine groups is 1. The number of ketones is 1. The molecule has 1 aliphatic heterocycles. The van der Waals surface area contributed by atoms with E-state index in [2.05, 4.69) is 85.7 Å². The number of hydrogen-bond donors (Lipinski definition) is 1. The van der Waals surface area contributed by atoms with Crippen LogP contribution < -0.4 is 4.74 Å². The Balaban J connectivity index is 1.95. The van der Waals surface area contributed by atoms with E-state index in [0.29, 0.717) is 23.8 Å². The average Bonchev–Trinajstić information content (AvgIpc) is 3.15. The first kappa shape index (κ1) is 29.2. The van der Waals surface area contributed by atoms with Gasteiger partial charge in [0.15, 0.2) is 5.78 Å². The first-order chi connectivity index (χ1) is 17.3. The maximum Gasteiger partial charge on any atom is 0.182 e. The van der Waals surface area contributed by atoms with Crippen LogP contribution in [0.15, 0.2) is 40.4 Å². The highest BCUT2D eigenvalue weighted by Crippen LogP contribution is 2.41. The van der Waals surface area contributed by atoms with Crippen molar-refractivity contribution in [2.45, 2.75) is 85.0 Å². The number of phenolic OH excluding ortho intramolecular Hbond substituents is 1. The summed E-state index contributed by atoms with van der Waals surface area (Å²) in [5.74, 6) is 2.55. The van der Waals surface area contributed by atoms with Crippen molar-refractivity contribution in [2.75, 3.05) is 19.7 Å². The number of nitrogens with zero attached hydrogens (tertiary/aromatic N) is 2. The molecule has 1 saturated heterocycles. The molecular formula is C31H43BrN2O3. The number of phenols is 1. The van der Waals surface area contributed by atoms with Gasteiger partial charge in [0.05, 0.1) is 29.3 Å². The lowest BCUT2D eigenvalue weighted by atomic mass is 9.78. The zero-order valence-corrected chi connectivity index (χ0v) is 25.3. The number of benzene rings is 2. The predicted octanol–water partition coefficient (Wildman–Crippen LogP) is 7.79. The van der Waals surface area contributed by atoms with Crippen molar-refractivity contribution < 1.29 is 14.6 Å².